The van der Waals surface area contributed by atoms with Crippen LogP contribution >= 0.6 is 11.3 Å². The molecule has 0 radical (unpaired) electrons. The number of aliphatic hydroxyl groups is 1. The minimum atomic E-state index is 0.206. The normalized spacial score (nSPS) is 13.2. The van der Waals surface area contributed by atoms with Crippen molar-refractivity contribution < 1.29 is 9.84 Å². The maximum atomic E-state index is 9.03. The van der Waals surface area contributed by atoms with E-state index in [4.69, 9.17) is 9.84 Å². The number of hydrogen-bond acceptors (Lipinski definition) is 4. The van der Waals surface area contributed by atoms with Crippen LogP contribution in [0.2, 0.25) is 0 Å². The second kappa shape index (κ2) is 7.79. The molecule has 1 N–H and O–H groups in total. The van der Waals surface area contributed by atoms with Crippen molar-refractivity contribution in [1.29, 1.82) is 0 Å². The minimum Gasteiger partial charge on any atom is -0.395 e. The first-order chi connectivity index (χ1) is 7.77. The van der Waals surface area contributed by atoms with Gasteiger partial charge in [-0.2, -0.15) is 11.3 Å². The summed E-state index contributed by atoms with van der Waals surface area (Å²) in [5, 5.41) is 13.3. The minimum absolute atomic E-state index is 0.206. The summed E-state index contributed by atoms with van der Waals surface area (Å²) in [5.41, 5.74) is 1.37. The molecule has 1 heterocycles. The number of thiophene rings is 1. The summed E-state index contributed by atoms with van der Waals surface area (Å²) in [6, 6.07) is 2.60. The fourth-order valence-corrected chi connectivity index (χ4v) is 2.45. The Morgan fingerprint density at radius 1 is 1.50 bits per heavy atom. The van der Waals surface area contributed by atoms with Gasteiger partial charge in [0, 0.05) is 26.2 Å². The highest BCUT2D eigenvalue weighted by Gasteiger charge is 2.13. The van der Waals surface area contributed by atoms with Crippen LogP contribution in [0.4, 0.5) is 0 Å². The quantitative estimate of drug-likeness (QED) is 0.753. The summed E-state index contributed by atoms with van der Waals surface area (Å²) in [4.78, 5) is 2.27. The van der Waals surface area contributed by atoms with Gasteiger partial charge in [0.2, 0.25) is 0 Å². The zero-order valence-corrected chi connectivity index (χ0v) is 10.9. The SMILES string of the molecule is COCCN(CCO)C(C)Cc1ccsc1. The molecule has 0 aliphatic heterocycles. The van der Waals surface area contributed by atoms with E-state index in [-0.39, 0.29) is 6.61 Å². The van der Waals surface area contributed by atoms with Gasteiger partial charge in [-0.25, -0.2) is 0 Å². The van der Waals surface area contributed by atoms with Crippen LogP contribution < -0.4 is 0 Å². The van der Waals surface area contributed by atoms with Crippen LogP contribution in [0.1, 0.15) is 12.5 Å². The predicted octanol–water partition coefficient (Wildman–Crippen LogP) is 1.62. The number of rotatable bonds is 8. The molecule has 1 unspecified atom stereocenters. The second-order valence-electron chi connectivity index (χ2n) is 3.94. The summed E-state index contributed by atoms with van der Waals surface area (Å²) in [7, 11) is 1.71. The molecular formula is C12H21NO2S. The Hall–Kier alpha value is -0.420. The molecule has 0 spiro atoms. The molecule has 0 aromatic carbocycles. The summed E-state index contributed by atoms with van der Waals surface area (Å²) >= 11 is 1.73. The zero-order chi connectivity index (χ0) is 11.8. The first-order valence-corrected chi connectivity index (χ1v) is 6.57. The molecule has 1 atom stereocenters. The Morgan fingerprint density at radius 2 is 2.31 bits per heavy atom. The maximum Gasteiger partial charge on any atom is 0.0589 e. The first kappa shape index (κ1) is 13.6. The van der Waals surface area contributed by atoms with E-state index in [0.29, 0.717) is 19.2 Å². The van der Waals surface area contributed by atoms with E-state index >= 15 is 0 Å². The van der Waals surface area contributed by atoms with Gasteiger partial charge >= 0.3 is 0 Å². The molecule has 0 aliphatic rings. The Labute approximate surface area is 102 Å². The van der Waals surface area contributed by atoms with E-state index in [2.05, 4.69) is 28.7 Å². The lowest BCUT2D eigenvalue weighted by atomic mass is 10.1. The van der Waals surface area contributed by atoms with Gasteiger partial charge in [0.1, 0.15) is 0 Å². The van der Waals surface area contributed by atoms with Gasteiger partial charge in [-0.05, 0) is 35.7 Å². The summed E-state index contributed by atoms with van der Waals surface area (Å²) in [5.74, 6) is 0. The van der Waals surface area contributed by atoms with Crippen molar-refractivity contribution in [2.45, 2.75) is 19.4 Å². The zero-order valence-electron chi connectivity index (χ0n) is 10.1. The third kappa shape index (κ3) is 4.61. The number of aliphatic hydroxyl groups excluding tert-OH is 1. The van der Waals surface area contributed by atoms with Gasteiger partial charge in [-0.3, -0.25) is 4.90 Å². The van der Waals surface area contributed by atoms with Crippen LogP contribution in [0, 0.1) is 0 Å². The van der Waals surface area contributed by atoms with E-state index < -0.39 is 0 Å². The molecule has 0 fully saturated rings. The smallest absolute Gasteiger partial charge is 0.0589 e. The van der Waals surface area contributed by atoms with Crippen LogP contribution in [-0.4, -0.2) is 49.5 Å². The van der Waals surface area contributed by atoms with Crippen molar-refractivity contribution in [3.63, 3.8) is 0 Å². The van der Waals surface area contributed by atoms with Crippen molar-refractivity contribution in [2.75, 3.05) is 33.4 Å². The van der Waals surface area contributed by atoms with E-state index in [0.717, 1.165) is 13.0 Å². The monoisotopic (exact) mass is 243 g/mol. The van der Waals surface area contributed by atoms with Gasteiger partial charge in [0.15, 0.2) is 0 Å². The maximum absolute atomic E-state index is 9.03. The predicted molar refractivity (Wildman–Crippen MR) is 68.0 cm³/mol. The summed E-state index contributed by atoms with van der Waals surface area (Å²) in [6.07, 6.45) is 1.03. The third-order valence-corrected chi connectivity index (χ3v) is 3.44. The Kier molecular flexibility index (Phi) is 6.64. The lowest BCUT2D eigenvalue weighted by Crippen LogP contribution is -2.39. The van der Waals surface area contributed by atoms with Gasteiger partial charge in [0.25, 0.3) is 0 Å². The standard InChI is InChI=1S/C12H21NO2S/c1-11(9-12-3-8-16-10-12)13(4-6-14)5-7-15-2/h3,8,10-11,14H,4-7,9H2,1-2H3. The molecule has 3 nitrogen and oxygen atoms in total. The fraction of sp³-hybridized carbons (Fsp3) is 0.667. The number of nitrogens with zero attached hydrogens (tertiary/aromatic N) is 1. The second-order valence-corrected chi connectivity index (χ2v) is 4.72. The van der Waals surface area contributed by atoms with Crippen LogP contribution in [0.5, 0.6) is 0 Å². The van der Waals surface area contributed by atoms with E-state index in [1.807, 2.05) is 0 Å². The Morgan fingerprint density at radius 3 is 2.88 bits per heavy atom. The highest BCUT2D eigenvalue weighted by molar-refractivity contribution is 7.07. The van der Waals surface area contributed by atoms with Gasteiger partial charge in [0.05, 0.1) is 13.2 Å². The molecule has 0 saturated carbocycles. The third-order valence-electron chi connectivity index (χ3n) is 2.70. The van der Waals surface area contributed by atoms with Gasteiger partial charge in [-0.1, -0.05) is 0 Å². The van der Waals surface area contributed by atoms with E-state index in [1.54, 1.807) is 18.4 Å². The highest BCUT2D eigenvalue weighted by atomic mass is 32.1. The fourth-order valence-electron chi connectivity index (χ4n) is 1.77. The lowest BCUT2D eigenvalue weighted by Gasteiger charge is -2.28. The molecule has 1 aromatic rings. The molecule has 0 amide bonds. The molecular weight excluding hydrogens is 222 g/mol. The van der Waals surface area contributed by atoms with Crippen molar-refractivity contribution in [2.24, 2.45) is 0 Å². The molecule has 1 rings (SSSR count). The largest absolute Gasteiger partial charge is 0.395 e. The van der Waals surface area contributed by atoms with Crippen molar-refractivity contribution in [3.05, 3.63) is 22.4 Å². The molecule has 0 bridgehead atoms. The molecule has 1 aromatic heterocycles. The number of methoxy groups -OCH3 is 1. The average Bonchev–Trinajstić information content (AvgIpc) is 2.76. The molecule has 0 aliphatic carbocycles. The lowest BCUT2D eigenvalue weighted by molar-refractivity contribution is 0.106. The Bertz CT molecular complexity index is 264. The van der Waals surface area contributed by atoms with E-state index in [1.165, 1.54) is 5.56 Å². The molecule has 0 saturated heterocycles. The van der Waals surface area contributed by atoms with Crippen molar-refractivity contribution in [1.82, 2.24) is 4.90 Å². The summed E-state index contributed by atoms with van der Waals surface area (Å²) < 4.78 is 5.08. The topological polar surface area (TPSA) is 32.7 Å². The van der Waals surface area contributed by atoms with Crippen LogP contribution in [0.3, 0.4) is 0 Å². The molecule has 92 valence electrons. The van der Waals surface area contributed by atoms with Gasteiger partial charge in [-0.15, -0.1) is 0 Å². The summed E-state index contributed by atoms with van der Waals surface area (Å²) in [6.45, 7) is 4.71. The van der Waals surface area contributed by atoms with Crippen LogP contribution in [-0.2, 0) is 11.2 Å². The van der Waals surface area contributed by atoms with Crippen molar-refractivity contribution >= 4 is 11.3 Å². The van der Waals surface area contributed by atoms with Crippen LogP contribution in [0.25, 0.3) is 0 Å². The number of ether oxygens (including phenoxy) is 1. The first-order valence-electron chi connectivity index (χ1n) is 5.63. The number of hydrogen-bond donors (Lipinski definition) is 1. The molecule has 4 heteroatoms. The average molecular weight is 243 g/mol. The van der Waals surface area contributed by atoms with Crippen molar-refractivity contribution in [3.8, 4) is 0 Å². The van der Waals surface area contributed by atoms with Gasteiger partial charge < -0.3 is 9.84 Å². The van der Waals surface area contributed by atoms with E-state index in [9.17, 15) is 0 Å². The Balaban J connectivity index is 2.42. The molecule has 16 heavy (non-hydrogen) atoms. The van der Waals surface area contributed by atoms with Crippen LogP contribution in [0.15, 0.2) is 16.8 Å². The highest BCUT2D eigenvalue weighted by Crippen LogP contribution is 2.12.